The summed E-state index contributed by atoms with van der Waals surface area (Å²) in [5, 5.41) is 9.45. The van der Waals surface area contributed by atoms with Crippen molar-refractivity contribution in [1.82, 2.24) is 9.78 Å². The lowest BCUT2D eigenvalue weighted by molar-refractivity contribution is 0.262. The van der Waals surface area contributed by atoms with E-state index in [0.717, 1.165) is 15.7 Å². The highest BCUT2D eigenvalue weighted by Gasteiger charge is 2.07. The van der Waals surface area contributed by atoms with Gasteiger partial charge in [-0.15, -0.1) is 0 Å². The molecule has 0 aliphatic heterocycles. The van der Waals surface area contributed by atoms with Gasteiger partial charge in [-0.25, -0.2) is 4.79 Å². The highest BCUT2D eigenvalue weighted by Crippen LogP contribution is 2.23. The van der Waals surface area contributed by atoms with Gasteiger partial charge in [-0.2, -0.15) is 5.10 Å². The molecule has 0 aliphatic rings. The summed E-state index contributed by atoms with van der Waals surface area (Å²) < 4.78 is 2.44. The van der Waals surface area contributed by atoms with Crippen molar-refractivity contribution in [2.24, 2.45) is 7.05 Å². The molecule has 1 heterocycles. The van der Waals surface area contributed by atoms with Crippen LogP contribution >= 0.6 is 15.9 Å². The van der Waals surface area contributed by atoms with Crippen molar-refractivity contribution in [2.75, 3.05) is 10.6 Å². The Morgan fingerprint density at radius 3 is 2.72 bits per heavy atom. The number of aromatic nitrogens is 2. The quantitative estimate of drug-likeness (QED) is 0.895. The molecule has 2 N–H and O–H groups in total. The third kappa shape index (κ3) is 2.89. The summed E-state index contributed by atoms with van der Waals surface area (Å²) in [6.07, 6.45) is 1.62. The highest BCUT2D eigenvalue weighted by atomic mass is 79.9. The summed E-state index contributed by atoms with van der Waals surface area (Å²) in [5.74, 6) is 0.635. The summed E-state index contributed by atoms with van der Waals surface area (Å²) in [4.78, 5) is 11.8. The van der Waals surface area contributed by atoms with Gasteiger partial charge in [0, 0.05) is 17.6 Å². The maximum Gasteiger partial charge on any atom is 0.324 e. The first-order valence-corrected chi connectivity index (χ1v) is 6.18. The standard InChI is InChI=1S/C12H13BrN4O/c1-8-3-4-10(9(13)7-8)15-12(18)16-11-5-6-14-17(11)2/h3-7H,1-2H3,(H2,15,16,18). The van der Waals surface area contributed by atoms with Crippen molar-refractivity contribution in [1.29, 1.82) is 0 Å². The van der Waals surface area contributed by atoms with Crippen molar-refractivity contribution in [3.8, 4) is 0 Å². The third-order valence-electron chi connectivity index (χ3n) is 2.44. The fourth-order valence-corrected chi connectivity index (χ4v) is 2.08. The first-order chi connectivity index (χ1) is 8.56. The van der Waals surface area contributed by atoms with Crippen molar-refractivity contribution < 1.29 is 4.79 Å². The summed E-state index contributed by atoms with van der Waals surface area (Å²) in [5.41, 5.74) is 1.85. The second kappa shape index (κ2) is 5.22. The number of aryl methyl sites for hydroxylation is 2. The second-order valence-electron chi connectivity index (χ2n) is 3.90. The fourth-order valence-electron chi connectivity index (χ4n) is 1.49. The van der Waals surface area contributed by atoms with Crippen molar-refractivity contribution >= 4 is 33.5 Å². The Bertz CT molecular complexity index is 579. The molecule has 0 spiro atoms. The molecule has 0 saturated heterocycles. The molecule has 0 saturated carbocycles. The monoisotopic (exact) mass is 308 g/mol. The molecule has 1 aromatic heterocycles. The Balaban J connectivity index is 2.05. The first kappa shape index (κ1) is 12.6. The summed E-state index contributed by atoms with van der Waals surface area (Å²) in [6, 6.07) is 7.15. The first-order valence-electron chi connectivity index (χ1n) is 5.38. The molecule has 6 heteroatoms. The van der Waals surface area contributed by atoms with Crippen LogP contribution in [0.15, 0.2) is 34.9 Å². The number of urea groups is 1. The van der Waals surface area contributed by atoms with Gasteiger partial charge in [-0.05, 0) is 40.5 Å². The Hall–Kier alpha value is -1.82. The molecule has 2 aromatic rings. The van der Waals surface area contributed by atoms with Crippen LogP contribution in [-0.2, 0) is 7.05 Å². The van der Waals surface area contributed by atoms with Gasteiger partial charge >= 0.3 is 6.03 Å². The average Bonchev–Trinajstić information content (AvgIpc) is 2.69. The van der Waals surface area contributed by atoms with E-state index >= 15 is 0 Å². The Kier molecular flexibility index (Phi) is 3.66. The Morgan fingerprint density at radius 2 is 2.11 bits per heavy atom. The van der Waals surface area contributed by atoms with Crippen LogP contribution in [0.2, 0.25) is 0 Å². The van der Waals surface area contributed by atoms with Crippen molar-refractivity contribution in [3.05, 3.63) is 40.5 Å². The van der Waals surface area contributed by atoms with Gasteiger partial charge in [0.15, 0.2) is 0 Å². The summed E-state index contributed by atoms with van der Waals surface area (Å²) in [6.45, 7) is 1.99. The molecule has 5 nitrogen and oxygen atoms in total. The largest absolute Gasteiger partial charge is 0.324 e. The van der Waals surface area contributed by atoms with Crippen LogP contribution in [0.3, 0.4) is 0 Å². The van der Waals surface area contributed by atoms with Gasteiger partial charge in [0.1, 0.15) is 5.82 Å². The van der Waals surface area contributed by atoms with Gasteiger partial charge in [0.05, 0.1) is 11.9 Å². The molecule has 18 heavy (non-hydrogen) atoms. The van der Waals surface area contributed by atoms with Crippen LogP contribution in [-0.4, -0.2) is 15.8 Å². The smallest absolute Gasteiger partial charge is 0.307 e. The van der Waals surface area contributed by atoms with Gasteiger partial charge in [-0.3, -0.25) is 10.00 Å². The van der Waals surface area contributed by atoms with Gasteiger partial charge in [-0.1, -0.05) is 6.07 Å². The zero-order valence-corrected chi connectivity index (χ0v) is 11.7. The number of rotatable bonds is 2. The summed E-state index contributed by atoms with van der Waals surface area (Å²) in [7, 11) is 1.76. The van der Waals surface area contributed by atoms with E-state index in [1.54, 1.807) is 24.0 Å². The molecular formula is C12H13BrN4O. The Labute approximate surface area is 113 Å². The molecule has 1 aromatic carbocycles. The zero-order chi connectivity index (χ0) is 13.1. The predicted molar refractivity (Wildman–Crippen MR) is 74.7 cm³/mol. The third-order valence-corrected chi connectivity index (χ3v) is 3.09. The van der Waals surface area contributed by atoms with E-state index in [2.05, 4.69) is 31.7 Å². The number of anilines is 2. The van der Waals surface area contributed by atoms with E-state index in [1.807, 2.05) is 25.1 Å². The fraction of sp³-hybridized carbons (Fsp3) is 0.167. The number of hydrogen-bond donors (Lipinski definition) is 2. The van der Waals surface area contributed by atoms with Crippen LogP contribution in [0.25, 0.3) is 0 Å². The highest BCUT2D eigenvalue weighted by molar-refractivity contribution is 9.10. The van der Waals surface area contributed by atoms with E-state index in [0.29, 0.717) is 5.82 Å². The molecule has 0 unspecified atom stereocenters. The lowest BCUT2D eigenvalue weighted by Crippen LogP contribution is -2.21. The van der Waals surface area contributed by atoms with E-state index in [1.165, 1.54) is 0 Å². The van der Waals surface area contributed by atoms with Gasteiger partial charge < -0.3 is 5.32 Å². The number of amides is 2. The van der Waals surface area contributed by atoms with Crippen LogP contribution in [0, 0.1) is 6.92 Å². The summed E-state index contributed by atoms with van der Waals surface area (Å²) >= 11 is 3.41. The second-order valence-corrected chi connectivity index (χ2v) is 4.76. The van der Waals surface area contributed by atoms with Crippen LogP contribution in [0.5, 0.6) is 0 Å². The molecule has 2 amide bonds. The van der Waals surface area contributed by atoms with Gasteiger partial charge in [0.25, 0.3) is 0 Å². The van der Waals surface area contributed by atoms with Crippen LogP contribution < -0.4 is 10.6 Å². The predicted octanol–water partition coefficient (Wildman–Crippen LogP) is 3.14. The molecule has 0 radical (unpaired) electrons. The van der Waals surface area contributed by atoms with E-state index in [-0.39, 0.29) is 6.03 Å². The normalized spacial score (nSPS) is 10.2. The van der Waals surface area contributed by atoms with E-state index in [9.17, 15) is 4.79 Å². The molecule has 0 fully saturated rings. The average molecular weight is 309 g/mol. The number of carbonyl (C=O) groups excluding carboxylic acids is 1. The Morgan fingerprint density at radius 1 is 1.33 bits per heavy atom. The SMILES string of the molecule is Cc1ccc(NC(=O)Nc2ccnn2C)c(Br)c1. The van der Waals surface area contributed by atoms with Crippen LogP contribution in [0.4, 0.5) is 16.3 Å². The number of benzene rings is 1. The number of hydrogen-bond acceptors (Lipinski definition) is 2. The molecular weight excluding hydrogens is 296 g/mol. The zero-order valence-electron chi connectivity index (χ0n) is 10.1. The number of carbonyl (C=O) groups is 1. The minimum absolute atomic E-state index is 0.303. The van der Waals surface area contributed by atoms with E-state index < -0.39 is 0 Å². The maximum absolute atomic E-state index is 11.8. The lowest BCUT2D eigenvalue weighted by atomic mass is 10.2. The minimum atomic E-state index is -0.303. The molecule has 2 rings (SSSR count). The number of nitrogens with zero attached hydrogens (tertiary/aromatic N) is 2. The molecule has 0 atom stereocenters. The molecule has 94 valence electrons. The molecule has 0 bridgehead atoms. The molecule has 0 aliphatic carbocycles. The van der Waals surface area contributed by atoms with Gasteiger partial charge in [0.2, 0.25) is 0 Å². The minimum Gasteiger partial charge on any atom is -0.307 e. The number of nitrogens with one attached hydrogen (secondary N) is 2. The van der Waals surface area contributed by atoms with Crippen molar-refractivity contribution in [3.63, 3.8) is 0 Å². The maximum atomic E-state index is 11.8. The van der Waals surface area contributed by atoms with Crippen LogP contribution in [0.1, 0.15) is 5.56 Å². The van der Waals surface area contributed by atoms with E-state index in [4.69, 9.17) is 0 Å². The van der Waals surface area contributed by atoms with Crippen molar-refractivity contribution in [2.45, 2.75) is 6.92 Å². The topological polar surface area (TPSA) is 59.0 Å². The lowest BCUT2D eigenvalue weighted by Gasteiger charge is -2.09. The number of halogens is 1.